The van der Waals surface area contributed by atoms with E-state index >= 15 is 0 Å². The Morgan fingerprint density at radius 1 is 1.23 bits per heavy atom. The SMILES string of the molecule is CCC(C(=O)N(C)Cc1nc(-c2cccs2)no1)N(c1ccc(C)cc1)S(C)(=O)=O. The molecule has 0 aliphatic rings. The maximum Gasteiger partial charge on any atom is 0.246 e. The summed E-state index contributed by atoms with van der Waals surface area (Å²) >= 11 is 1.49. The second kappa shape index (κ2) is 8.97. The van der Waals surface area contributed by atoms with Gasteiger partial charge in [-0.25, -0.2) is 8.42 Å². The van der Waals surface area contributed by atoms with Gasteiger partial charge in [-0.15, -0.1) is 11.3 Å². The minimum atomic E-state index is -3.68. The molecule has 3 rings (SSSR count). The first-order valence-electron chi connectivity index (χ1n) is 9.38. The van der Waals surface area contributed by atoms with Crippen LogP contribution < -0.4 is 4.31 Å². The summed E-state index contributed by atoms with van der Waals surface area (Å²) in [6, 6.07) is 9.94. The fourth-order valence-electron chi connectivity index (χ4n) is 3.10. The molecule has 10 heteroatoms. The monoisotopic (exact) mass is 448 g/mol. The third kappa shape index (κ3) is 4.88. The van der Waals surface area contributed by atoms with E-state index < -0.39 is 16.1 Å². The lowest BCUT2D eigenvalue weighted by Crippen LogP contribution is -2.49. The smallest absolute Gasteiger partial charge is 0.246 e. The van der Waals surface area contributed by atoms with Crippen LogP contribution in [0, 0.1) is 6.92 Å². The van der Waals surface area contributed by atoms with Crippen molar-refractivity contribution in [3.05, 3.63) is 53.2 Å². The van der Waals surface area contributed by atoms with E-state index in [9.17, 15) is 13.2 Å². The highest BCUT2D eigenvalue weighted by Crippen LogP contribution is 2.25. The fraction of sp³-hybridized carbons (Fsp3) is 0.350. The topological polar surface area (TPSA) is 96.6 Å². The molecule has 1 aromatic carbocycles. The number of rotatable bonds is 8. The zero-order valence-electron chi connectivity index (χ0n) is 17.3. The van der Waals surface area contributed by atoms with Crippen LogP contribution in [0.5, 0.6) is 0 Å². The molecule has 1 unspecified atom stereocenters. The van der Waals surface area contributed by atoms with Crippen LogP contribution in [0.4, 0.5) is 5.69 Å². The van der Waals surface area contributed by atoms with Crippen molar-refractivity contribution in [2.45, 2.75) is 32.9 Å². The van der Waals surface area contributed by atoms with E-state index in [0.717, 1.165) is 16.7 Å². The van der Waals surface area contributed by atoms with Crippen LogP contribution in [0.25, 0.3) is 10.7 Å². The number of aryl methyl sites for hydroxylation is 1. The molecule has 0 saturated carbocycles. The molecule has 0 spiro atoms. The Morgan fingerprint density at radius 3 is 2.50 bits per heavy atom. The van der Waals surface area contributed by atoms with Crippen molar-refractivity contribution in [2.24, 2.45) is 0 Å². The van der Waals surface area contributed by atoms with Gasteiger partial charge in [0.05, 0.1) is 23.4 Å². The zero-order chi connectivity index (χ0) is 21.9. The summed E-state index contributed by atoms with van der Waals surface area (Å²) in [4.78, 5) is 19.8. The average Bonchev–Trinajstić information content (AvgIpc) is 3.37. The second-order valence-electron chi connectivity index (χ2n) is 7.00. The van der Waals surface area contributed by atoms with Gasteiger partial charge in [-0.05, 0) is 36.9 Å². The third-order valence-corrected chi connectivity index (χ3v) is 6.60. The Labute approximate surface area is 180 Å². The molecule has 0 aliphatic heterocycles. The second-order valence-corrected chi connectivity index (χ2v) is 9.81. The Balaban J connectivity index is 1.81. The molecule has 0 radical (unpaired) electrons. The van der Waals surface area contributed by atoms with E-state index in [1.807, 2.05) is 36.6 Å². The van der Waals surface area contributed by atoms with Crippen LogP contribution in [-0.4, -0.2) is 48.7 Å². The molecule has 0 saturated heterocycles. The molecule has 8 nitrogen and oxygen atoms in total. The number of carbonyl (C=O) groups excluding carboxylic acids is 1. The molecule has 0 aliphatic carbocycles. The third-order valence-electron chi connectivity index (χ3n) is 4.56. The summed E-state index contributed by atoms with van der Waals surface area (Å²) < 4.78 is 31.6. The van der Waals surface area contributed by atoms with Crippen LogP contribution in [0.3, 0.4) is 0 Å². The number of carbonyl (C=O) groups is 1. The highest BCUT2D eigenvalue weighted by Gasteiger charge is 2.33. The maximum atomic E-state index is 13.2. The maximum absolute atomic E-state index is 13.2. The Morgan fingerprint density at radius 2 is 1.93 bits per heavy atom. The summed E-state index contributed by atoms with van der Waals surface area (Å²) in [5.41, 5.74) is 1.45. The van der Waals surface area contributed by atoms with Gasteiger partial charge in [0.25, 0.3) is 0 Å². The predicted molar refractivity (Wildman–Crippen MR) is 117 cm³/mol. The predicted octanol–water partition coefficient (Wildman–Crippen LogP) is 3.31. The van der Waals surface area contributed by atoms with Crippen molar-refractivity contribution in [1.29, 1.82) is 0 Å². The van der Waals surface area contributed by atoms with Gasteiger partial charge >= 0.3 is 0 Å². The van der Waals surface area contributed by atoms with Crippen molar-refractivity contribution in [3.8, 4) is 10.7 Å². The molecule has 0 bridgehead atoms. The average molecular weight is 449 g/mol. The van der Waals surface area contributed by atoms with Gasteiger partial charge in [-0.3, -0.25) is 9.10 Å². The molecule has 30 heavy (non-hydrogen) atoms. The minimum Gasteiger partial charge on any atom is -0.337 e. The molecular weight excluding hydrogens is 424 g/mol. The number of aromatic nitrogens is 2. The molecule has 1 amide bonds. The van der Waals surface area contributed by atoms with Crippen LogP contribution in [0.1, 0.15) is 24.8 Å². The number of anilines is 1. The number of amides is 1. The zero-order valence-corrected chi connectivity index (χ0v) is 18.9. The van der Waals surface area contributed by atoms with E-state index in [4.69, 9.17) is 4.52 Å². The van der Waals surface area contributed by atoms with Crippen LogP contribution in [0.15, 0.2) is 46.3 Å². The molecule has 2 aromatic heterocycles. The van der Waals surface area contributed by atoms with Gasteiger partial charge in [0.1, 0.15) is 6.04 Å². The van der Waals surface area contributed by atoms with Gasteiger partial charge in [0, 0.05) is 7.05 Å². The number of hydrogen-bond acceptors (Lipinski definition) is 7. The van der Waals surface area contributed by atoms with E-state index in [2.05, 4.69) is 10.1 Å². The quantitative estimate of drug-likeness (QED) is 0.524. The first-order chi connectivity index (χ1) is 14.2. The van der Waals surface area contributed by atoms with E-state index in [0.29, 0.717) is 17.9 Å². The van der Waals surface area contributed by atoms with Gasteiger partial charge < -0.3 is 9.42 Å². The van der Waals surface area contributed by atoms with Crippen molar-refractivity contribution in [3.63, 3.8) is 0 Å². The molecule has 160 valence electrons. The summed E-state index contributed by atoms with van der Waals surface area (Å²) in [6.07, 6.45) is 1.42. The molecule has 0 fully saturated rings. The molecule has 2 heterocycles. The van der Waals surface area contributed by atoms with Crippen LogP contribution in [0.2, 0.25) is 0 Å². The first-order valence-corrected chi connectivity index (χ1v) is 12.1. The lowest BCUT2D eigenvalue weighted by atomic mass is 10.1. The van der Waals surface area contributed by atoms with E-state index in [1.165, 1.54) is 20.5 Å². The highest BCUT2D eigenvalue weighted by molar-refractivity contribution is 7.92. The van der Waals surface area contributed by atoms with E-state index in [-0.39, 0.29) is 18.3 Å². The van der Waals surface area contributed by atoms with Gasteiger partial charge in [-0.1, -0.05) is 35.8 Å². The van der Waals surface area contributed by atoms with Crippen molar-refractivity contribution < 1.29 is 17.7 Å². The number of benzene rings is 1. The number of likely N-dealkylation sites (N-methyl/N-ethyl adjacent to an activating group) is 1. The Bertz CT molecular complexity index is 1090. The summed E-state index contributed by atoms with van der Waals surface area (Å²) in [7, 11) is -2.09. The lowest BCUT2D eigenvalue weighted by Gasteiger charge is -2.32. The highest BCUT2D eigenvalue weighted by atomic mass is 32.2. The van der Waals surface area contributed by atoms with Crippen molar-refractivity contribution in [1.82, 2.24) is 15.0 Å². The van der Waals surface area contributed by atoms with Gasteiger partial charge in [-0.2, -0.15) is 4.98 Å². The summed E-state index contributed by atoms with van der Waals surface area (Å²) in [5, 5.41) is 5.86. The van der Waals surface area contributed by atoms with Crippen LogP contribution in [-0.2, 0) is 21.4 Å². The molecular formula is C20H24N4O4S2. The van der Waals surface area contributed by atoms with Crippen molar-refractivity contribution in [2.75, 3.05) is 17.6 Å². The number of thiophene rings is 1. The van der Waals surface area contributed by atoms with Gasteiger partial charge in [0.2, 0.25) is 27.6 Å². The molecule has 0 N–H and O–H groups in total. The first kappa shape index (κ1) is 22.0. The number of hydrogen-bond donors (Lipinski definition) is 0. The summed E-state index contributed by atoms with van der Waals surface area (Å²) in [6.45, 7) is 3.78. The van der Waals surface area contributed by atoms with Crippen molar-refractivity contribution >= 4 is 33.0 Å². The lowest BCUT2D eigenvalue weighted by molar-refractivity contribution is -0.132. The van der Waals surface area contributed by atoms with E-state index in [1.54, 1.807) is 26.1 Å². The number of nitrogens with zero attached hydrogens (tertiary/aromatic N) is 4. The number of sulfonamides is 1. The summed E-state index contributed by atoms with van der Waals surface area (Å²) in [5.74, 6) is 0.398. The van der Waals surface area contributed by atoms with Crippen LogP contribution >= 0.6 is 11.3 Å². The van der Waals surface area contributed by atoms with Gasteiger partial charge in [0.15, 0.2) is 0 Å². The Hall–Kier alpha value is -2.72. The Kier molecular flexibility index (Phi) is 6.57. The largest absolute Gasteiger partial charge is 0.337 e. The standard InChI is InChI=1S/C20H24N4O4S2/c1-5-16(24(30(4,26)27)15-10-8-14(2)9-11-15)20(25)23(3)13-18-21-19(22-28-18)17-7-6-12-29-17/h6-12,16H,5,13H2,1-4H3. The fourth-order valence-corrected chi connectivity index (χ4v) is 4.95. The molecule has 1 atom stereocenters. The minimum absolute atomic E-state index is 0.0825. The normalized spacial score (nSPS) is 12.5. The molecule has 3 aromatic rings.